The molecule has 0 aliphatic carbocycles. The van der Waals surface area contributed by atoms with Crippen LogP contribution in [0.5, 0.6) is 0 Å². The van der Waals surface area contributed by atoms with Crippen LogP contribution in [-0.4, -0.2) is 72.4 Å². The van der Waals surface area contributed by atoms with E-state index in [9.17, 15) is 13.6 Å². The summed E-state index contributed by atoms with van der Waals surface area (Å²) in [6, 6.07) is 6.12. The maximum absolute atomic E-state index is 15.4. The average Bonchev–Trinajstić information content (AvgIpc) is 3.54. The van der Waals surface area contributed by atoms with E-state index in [4.69, 9.17) is 4.42 Å². The van der Waals surface area contributed by atoms with Gasteiger partial charge in [0.05, 0.1) is 28.8 Å². The Bertz CT molecular complexity index is 1720. The van der Waals surface area contributed by atoms with Gasteiger partial charge in [-0.25, -0.2) is 19.2 Å². The number of rotatable bonds is 6. The molecule has 11 nitrogen and oxygen atoms in total. The van der Waals surface area contributed by atoms with E-state index >= 15 is 4.39 Å². The van der Waals surface area contributed by atoms with Gasteiger partial charge in [-0.3, -0.25) is 14.1 Å². The predicted octanol–water partition coefficient (Wildman–Crippen LogP) is 3.12. The molecule has 14 heteroatoms. The summed E-state index contributed by atoms with van der Waals surface area (Å²) >= 11 is 0. The monoisotopic (exact) mass is 551 g/mol. The van der Waals surface area contributed by atoms with E-state index in [0.717, 1.165) is 26.2 Å². The molecule has 5 aromatic rings. The highest BCUT2D eigenvalue weighted by Crippen LogP contribution is 2.28. The summed E-state index contributed by atoms with van der Waals surface area (Å²) in [4.78, 5) is 30.6. The lowest BCUT2D eigenvalue weighted by molar-refractivity contribution is 0.116. The number of pyridine rings is 1. The molecule has 206 valence electrons. The van der Waals surface area contributed by atoms with Crippen molar-refractivity contribution in [1.82, 2.24) is 39.2 Å². The van der Waals surface area contributed by atoms with E-state index in [1.165, 1.54) is 21.4 Å². The van der Waals surface area contributed by atoms with Gasteiger partial charge in [0.2, 0.25) is 11.8 Å². The molecule has 0 bridgehead atoms. The highest BCUT2D eigenvalue weighted by molar-refractivity contribution is 5.83. The lowest BCUT2D eigenvalue weighted by atomic mass is 10.1. The molecule has 0 amide bonds. The number of piperazine rings is 1. The average molecular weight is 552 g/mol. The fourth-order valence-corrected chi connectivity index (χ4v) is 4.67. The van der Waals surface area contributed by atoms with Crippen LogP contribution in [0.2, 0.25) is 0 Å². The highest BCUT2D eigenvalue weighted by Gasteiger charge is 2.20. The van der Waals surface area contributed by atoms with E-state index < -0.39 is 18.1 Å². The molecule has 1 aromatic carbocycles. The Balaban J connectivity index is 1.26. The third-order valence-corrected chi connectivity index (χ3v) is 6.99. The molecule has 0 unspecified atom stereocenters. The summed E-state index contributed by atoms with van der Waals surface area (Å²) in [5.74, 6) is -0.784. The van der Waals surface area contributed by atoms with Crippen LogP contribution in [0.4, 0.5) is 19.1 Å². The normalized spacial score (nSPS) is 14.5. The van der Waals surface area contributed by atoms with E-state index in [0.29, 0.717) is 33.8 Å². The third kappa shape index (κ3) is 4.70. The molecule has 1 saturated heterocycles. The Labute approximate surface area is 225 Å². The number of hydrogen-bond donors (Lipinski definition) is 0. The molecule has 0 atom stereocenters. The Morgan fingerprint density at radius 1 is 0.925 bits per heavy atom. The first kappa shape index (κ1) is 25.7. The maximum Gasteiger partial charge on any atom is 0.329 e. The second-order valence-electron chi connectivity index (χ2n) is 9.59. The van der Waals surface area contributed by atoms with Crippen molar-refractivity contribution in [3.63, 3.8) is 0 Å². The molecule has 40 heavy (non-hydrogen) atoms. The fraction of sp³-hybridized carbons (Fsp3) is 0.308. The number of alkyl halides is 2. The SMILES string of the molecule is CN1CCN(c2ncc(-c3cc4c(cc3F)n(Cc3ccc(-c5nnc(C(F)F)o5)cn3)c(=O)n4C)cn2)CC1. The number of benzene rings is 1. The van der Waals surface area contributed by atoms with Crippen molar-refractivity contribution < 1.29 is 17.6 Å². The zero-order valence-corrected chi connectivity index (χ0v) is 21.6. The molecule has 5 heterocycles. The number of aromatic nitrogens is 7. The number of aryl methyl sites for hydroxylation is 1. The third-order valence-electron chi connectivity index (χ3n) is 6.99. The van der Waals surface area contributed by atoms with E-state index in [-0.39, 0.29) is 23.7 Å². The molecule has 1 aliphatic heterocycles. The summed E-state index contributed by atoms with van der Waals surface area (Å²) in [7, 11) is 3.68. The second kappa shape index (κ2) is 10.2. The summed E-state index contributed by atoms with van der Waals surface area (Å²) < 4.78 is 48.6. The van der Waals surface area contributed by atoms with E-state index in [2.05, 4.69) is 42.0 Å². The van der Waals surface area contributed by atoms with Crippen LogP contribution >= 0.6 is 0 Å². The second-order valence-corrected chi connectivity index (χ2v) is 9.59. The minimum absolute atomic E-state index is 0.0597. The quantitative estimate of drug-likeness (QED) is 0.314. The van der Waals surface area contributed by atoms with Crippen LogP contribution in [-0.2, 0) is 13.6 Å². The van der Waals surface area contributed by atoms with Crippen molar-refractivity contribution in [2.45, 2.75) is 13.0 Å². The number of anilines is 1. The van der Waals surface area contributed by atoms with Gasteiger partial charge >= 0.3 is 12.1 Å². The molecule has 0 radical (unpaired) electrons. The van der Waals surface area contributed by atoms with Gasteiger partial charge in [-0.15, -0.1) is 10.2 Å². The highest BCUT2D eigenvalue weighted by atomic mass is 19.3. The first-order valence-corrected chi connectivity index (χ1v) is 12.5. The van der Waals surface area contributed by atoms with Crippen LogP contribution < -0.4 is 10.6 Å². The van der Waals surface area contributed by atoms with E-state index in [1.54, 1.807) is 37.6 Å². The van der Waals surface area contributed by atoms with E-state index in [1.807, 2.05) is 0 Å². The lowest BCUT2D eigenvalue weighted by Crippen LogP contribution is -2.45. The van der Waals surface area contributed by atoms with Gasteiger partial charge in [-0.05, 0) is 25.2 Å². The summed E-state index contributed by atoms with van der Waals surface area (Å²) in [6.07, 6.45) is 1.71. The fourth-order valence-electron chi connectivity index (χ4n) is 4.67. The van der Waals surface area contributed by atoms with Gasteiger partial charge in [0.1, 0.15) is 5.82 Å². The molecule has 1 fully saturated rings. The summed E-state index contributed by atoms with van der Waals surface area (Å²) in [6.45, 7) is 3.54. The molecular weight excluding hydrogens is 527 g/mol. The molecule has 0 N–H and O–H groups in total. The summed E-state index contributed by atoms with van der Waals surface area (Å²) in [5, 5.41) is 6.91. The van der Waals surface area contributed by atoms with Crippen molar-refractivity contribution in [3.05, 3.63) is 70.7 Å². The molecule has 1 aliphatic rings. The molecule has 0 spiro atoms. The number of nitrogens with zero attached hydrogens (tertiary/aromatic N) is 9. The van der Waals surface area contributed by atoms with Crippen LogP contribution in [0.3, 0.4) is 0 Å². The first-order valence-electron chi connectivity index (χ1n) is 12.5. The number of likely N-dealkylation sites (N-methyl/N-ethyl adjacent to an activating group) is 1. The number of imidazole rings is 1. The smallest absolute Gasteiger partial charge is 0.329 e. The first-order chi connectivity index (χ1) is 19.3. The Morgan fingerprint density at radius 3 is 2.30 bits per heavy atom. The Hall–Kier alpha value is -4.59. The van der Waals surface area contributed by atoms with Crippen molar-refractivity contribution in [1.29, 1.82) is 0 Å². The van der Waals surface area contributed by atoms with Crippen molar-refractivity contribution in [2.24, 2.45) is 7.05 Å². The minimum atomic E-state index is -2.87. The Kier molecular flexibility index (Phi) is 6.54. The van der Waals surface area contributed by atoms with Crippen LogP contribution in [0.25, 0.3) is 33.6 Å². The van der Waals surface area contributed by atoms with Gasteiger partial charge in [-0.2, -0.15) is 8.78 Å². The predicted molar refractivity (Wildman–Crippen MR) is 139 cm³/mol. The van der Waals surface area contributed by atoms with Crippen molar-refractivity contribution >= 4 is 17.0 Å². The largest absolute Gasteiger partial charge is 0.415 e. The number of fused-ring (bicyclic) bond motifs is 1. The van der Waals surface area contributed by atoms with Crippen LogP contribution in [0.15, 0.2) is 52.1 Å². The van der Waals surface area contributed by atoms with Gasteiger partial charge < -0.3 is 14.2 Å². The molecule has 4 aromatic heterocycles. The molecule has 0 saturated carbocycles. The summed E-state index contributed by atoms with van der Waals surface area (Å²) in [5.41, 5.74) is 2.22. The lowest BCUT2D eigenvalue weighted by Gasteiger charge is -2.32. The standard InChI is InChI=1S/C26H24F3N9O2/c1-35-5-7-37(8-6-35)25-31-12-16(13-32-25)18-9-20-21(10-19(18)27)38(26(39)36(20)2)14-17-4-3-15(11-30-17)23-33-34-24(40-23)22(28)29/h3-4,9-13,22H,5-8,14H2,1-2H3. The molecular formula is C26H24F3N9O2. The molecule has 6 rings (SSSR count). The van der Waals surface area contributed by atoms with Crippen molar-refractivity contribution in [2.75, 3.05) is 38.1 Å². The number of hydrogen-bond acceptors (Lipinski definition) is 9. The van der Waals surface area contributed by atoms with Crippen molar-refractivity contribution in [3.8, 4) is 22.6 Å². The van der Waals surface area contributed by atoms with Gasteiger partial charge in [0.15, 0.2) is 0 Å². The van der Waals surface area contributed by atoms with Crippen LogP contribution in [0.1, 0.15) is 18.0 Å². The zero-order chi connectivity index (χ0) is 28.0. The topological polar surface area (TPSA) is 111 Å². The Morgan fingerprint density at radius 2 is 1.65 bits per heavy atom. The number of halogens is 3. The maximum atomic E-state index is 15.4. The van der Waals surface area contributed by atoms with Gasteiger partial charge in [0.25, 0.3) is 5.89 Å². The van der Waals surface area contributed by atoms with Gasteiger partial charge in [0, 0.05) is 69.0 Å². The van der Waals surface area contributed by atoms with Gasteiger partial charge in [-0.1, -0.05) is 0 Å². The zero-order valence-electron chi connectivity index (χ0n) is 21.6. The van der Waals surface area contributed by atoms with Crippen LogP contribution in [0, 0.1) is 5.82 Å². The minimum Gasteiger partial charge on any atom is -0.415 e.